The van der Waals surface area contributed by atoms with Crippen molar-refractivity contribution < 1.29 is 19.4 Å². The molecule has 1 aromatic carbocycles. The summed E-state index contributed by atoms with van der Waals surface area (Å²) in [6.07, 6.45) is 6.70. The lowest BCUT2D eigenvalue weighted by Gasteiger charge is -2.37. The Balaban J connectivity index is 1.65. The number of ether oxygens (including phenoxy) is 1. The quantitative estimate of drug-likeness (QED) is 0.707. The molecule has 180 valence electrons. The number of carbonyl (C=O) groups is 2. The Labute approximate surface area is 201 Å². The topological polar surface area (TPSA) is 83.0 Å². The van der Waals surface area contributed by atoms with Crippen LogP contribution in [0.25, 0.3) is 5.57 Å². The molecule has 1 aliphatic heterocycles. The smallest absolute Gasteiger partial charge is 0.259 e. The standard InChI is InChI=1S/C27H33N3O4/c1-18-15-30(19(2)17-31)27(33)23-13-22(20-9-7-8-10-20)14-28-25(23)34-24(18)16-29(3)26(32)21-11-5-4-6-12-21/h4-6,9,11-14,18-19,24,31H,7-8,10,15-17H2,1-3H3/t18-,19+,24+/m1/s1. The largest absolute Gasteiger partial charge is 0.472 e. The minimum atomic E-state index is -0.373. The molecule has 3 atom stereocenters. The van der Waals surface area contributed by atoms with Gasteiger partial charge in [0.15, 0.2) is 0 Å². The highest BCUT2D eigenvalue weighted by atomic mass is 16.5. The summed E-state index contributed by atoms with van der Waals surface area (Å²) >= 11 is 0. The van der Waals surface area contributed by atoms with E-state index in [1.54, 1.807) is 35.2 Å². The van der Waals surface area contributed by atoms with Gasteiger partial charge >= 0.3 is 0 Å². The maximum absolute atomic E-state index is 13.5. The molecular weight excluding hydrogens is 430 g/mol. The van der Waals surface area contributed by atoms with Crippen molar-refractivity contribution in [2.75, 3.05) is 26.7 Å². The highest BCUT2D eigenvalue weighted by Crippen LogP contribution is 2.32. The Bertz CT molecular complexity index is 1070. The van der Waals surface area contributed by atoms with E-state index < -0.39 is 0 Å². The molecule has 7 nitrogen and oxygen atoms in total. The number of allylic oxidation sites excluding steroid dienone is 2. The monoisotopic (exact) mass is 463 g/mol. The summed E-state index contributed by atoms with van der Waals surface area (Å²) in [4.78, 5) is 34.4. The number of aromatic nitrogens is 1. The number of hydrogen-bond donors (Lipinski definition) is 1. The minimum Gasteiger partial charge on any atom is -0.472 e. The van der Waals surface area contributed by atoms with Crippen molar-refractivity contribution >= 4 is 17.4 Å². The van der Waals surface area contributed by atoms with Gasteiger partial charge in [-0.15, -0.1) is 0 Å². The van der Waals surface area contributed by atoms with Crippen LogP contribution in [0.3, 0.4) is 0 Å². The van der Waals surface area contributed by atoms with Gasteiger partial charge in [-0.3, -0.25) is 9.59 Å². The Morgan fingerprint density at radius 3 is 2.76 bits per heavy atom. The summed E-state index contributed by atoms with van der Waals surface area (Å²) in [5.41, 5.74) is 3.15. The van der Waals surface area contributed by atoms with Crippen molar-refractivity contribution in [1.82, 2.24) is 14.8 Å². The lowest BCUT2D eigenvalue weighted by atomic mass is 9.99. The van der Waals surface area contributed by atoms with Gasteiger partial charge in [0, 0.05) is 31.3 Å². The summed E-state index contributed by atoms with van der Waals surface area (Å²) < 4.78 is 6.32. The molecule has 1 aromatic heterocycles. The van der Waals surface area contributed by atoms with Crippen molar-refractivity contribution in [3.63, 3.8) is 0 Å². The first-order valence-corrected chi connectivity index (χ1v) is 12.0. The molecule has 0 saturated carbocycles. The molecule has 0 spiro atoms. The number of aliphatic hydroxyl groups is 1. The third-order valence-corrected chi connectivity index (χ3v) is 6.75. The van der Waals surface area contributed by atoms with Crippen LogP contribution in [0.4, 0.5) is 0 Å². The predicted octanol–water partition coefficient (Wildman–Crippen LogP) is 3.64. The van der Waals surface area contributed by atoms with Crippen molar-refractivity contribution in [2.24, 2.45) is 5.92 Å². The highest BCUT2D eigenvalue weighted by molar-refractivity contribution is 5.97. The third-order valence-electron chi connectivity index (χ3n) is 6.75. The molecule has 0 unspecified atom stereocenters. The Hall–Kier alpha value is -3.19. The van der Waals surface area contributed by atoms with Gasteiger partial charge in [0.2, 0.25) is 5.88 Å². The zero-order valence-corrected chi connectivity index (χ0v) is 20.1. The van der Waals surface area contributed by atoms with Crippen LogP contribution in [0.15, 0.2) is 48.7 Å². The Kier molecular flexibility index (Phi) is 7.32. The van der Waals surface area contributed by atoms with E-state index >= 15 is 0 Å². The van der Waals surface area contributed by atoms with E-state index in [4.69, 9.17) is 4.74 Å². The number of likely N-dealkylation sites (N-methyl/N-ethyl adjacent to an activating group) is 1. The van der Waals surface area contributed by atoms with Crippen LogP contribution in [-0.2, 0) is 0 Å². The van der Waals surface area contributed by atoms with E-state index in [0.29, 0.717) is 24.2 Å². The molecule has 4 rings (SSSR count). The van der Waals surface area contributed by atoms with Gasteiger partial charge in [0.25, 0.3) is 11.8 Å². The second kappa shape index (κ2) is 10.4. The highest BCUT2D eigenvalue weighted by Gasteiger charge is 2.35. The number of benzene rings is 1. The molecule has 2 heterocycles. The van der Waals surface area contributed by atoms with Crippen LogP contribution in [0.2, 0.25) is 0 Å². The van der Waals surface area contributed by atoms with E-state index in [2.05, 4.69) is 11.1 Å². The normalized spacial score (nSPS) is 21.1. The lowest BCUT2D eigenvalue weighted by Crippen LogP contribution is -2.50. The molecule has 1 aliphatic carbocycles. The number of hydrogen-bond acceptors (Lipinski definition) is 5. The lowest BCUT2D eigenvalue weighted by molar-refractivity contribution is 0.0313. The van der Waals surface area contributed by atoms with Crippen LogP contribution in [0.1, 0.15) is 59.4 Å². The molecule has 7 heteroatoms. The van der Waals surface area contributed by atoms with E-state index in [1.807, 2.05) is 38.1 Å². The zero-order valence-electron chi connectivity index (χ0n) is 20.1. The number of carbonyl (C=O) groups excluding carboxylic acids is 2. The second-order valence-electron chi connectivity index (χ2n) is 9.37. The number of aliphatic hydroxyl groups excluding tert-OH is 1. The molecule has 0 radical (unpaired) electrons. The van der Waals surface area contributed by atoms with E-state index in [-0.39, 0.29) is 42.4 Å². The second-order valence-corrected chi connectivity index (χ2v) is 9.37. The summed E-state index contributed by atoms with van der Waals surface area (Å²) in [7, 11) is 1.76. The third kappa shape index (κ3) is 4.99. The molecule has 2 aromatic rings. The summed E-state index contributed by atoms with van der Waals surface area (Å²) in [6.45, 7) is 4.45. The van der Waals surface area contributed by atoms with Crippen molar-refractivity contribution in [3.05, 3.63) is 65.4 Å². The summed E-state index contributed by atoms with van der Waals surface area (Å²) in [6, 6.07) is 10.7. The maximum atomic E-state index is 13.5. The molecule has 0 saturated heterocycles. The van der Waals surface area contributed by atoms with Crippen LogP contribution < -0.4 is 4.74 Å². The van der Waals surface area contributed by atoms with Gasteiger partial charge < -0.3 is 19.6 Å². The predicted molar refractivity (Wildman–Crippen MR) is 131 cm³/mol. The molecule has 2 aliphatic rings. The number of nitrogens with zero attached hydrogens (tertiary/aromatic N) is 3. The zero-order chi connectivity index (χ0) is 24.2. The molecule has 0 bridgehead atoms. The van der Waals surface area contributed by atoms with Crippen LogP contribution in [-0.4, -0.2) is 70.6 Å². The van der Waals surface area contributed by atoms with Gasteiger partial charge in [-0.25, -0.2) is 4.98 Å². The van der Waals surface area contributed by atoms with Gasteiger partial charge in [-0.1, -0.05) is 31.2 Å². The van der Waals surface area contributed by atoms with E-state index in [1.165, 1.54) is 5.57 Å². The molecule has 0 fully saturated rings. The number of rotatable bonds is 6. The van der Waals surface area contributed by atoms with Gasteiger partial charge in [-0.05, 0) is 55.5 Å². The van der Waals surface area contributed by atoms with E-state index in [0.717, 1.165) is 24.8 Å². The summed E-state index contributed by atoms with van der Waals surface area (Å²) in [5.74, 6) is -0.0916. The van der Waals surface area contributed by atoms with E-state index in [9.17, 15) is 14.7 Å². The van der Waals surface area contributed by atoms with Crippen LogP contribution >= 0.6 is 0 Å². The Morgan fingerprint density at radius 1 is 1.32 bits per heavy atom. The number of amides is 2. The summed E-state index contributed by atoms with van der Waals surface area (Å²) in [5, 5.41) is 9.84. The average Bonchev–Trinajstić information content (AvgIpc) is 3.40. The molecular formula is C27H33N3O4. The van der Waals surface area contributed by atoms with Crippen LogP contribution in [0.5, 0.6) is 5.88 Å². The fourth-order valence-electron chi connectivity index (χ4n) is 4.58. The average molecular weight is 464 g/mol. The first kappa shape index (κ1) is 24.0. The van der Waals surface area contributed by atoms with Crippen molar-refractivity contribution in [3.8, 4) is 5.88 Å². The molecule has 2 amide bonds. The maximum Gasteiger partial charge on any atom is 0.259 e. The fourth-order valence-corrected chi connectivity index (χ4v) is 4.58. The SMILES string of the molecule is C[C@@H]1CN([C@@H](C)CO)C(=O)c2cc(C3=CCCC3)cnc2O[C@H]1CN(C)C(=O)c1ccccc1. The first-order chi connectivity index (χ1) is 16.4. The number of fused-ring (bicyclic) bond motifs is 1. The van der Waals surface area contributed by atoms with Crippen LogP contribution in [0, 0.1) is 5.92 Å². The van der Waals surface area contributed by atoms with Crippen molar-refractivity contribution in [2.45, 2.75) is 45.3 Å². The van der Waals surface area contributed by atoms with Gasteiger partial charge in [0.05, 0.1) is 19.2 Å². The molecule has 1 N–H and O–H groups in total. The first-order valence-electron chi connectivity index (χ1n) is 12.0. The number of pyridine rings is 1. The molecule has 34 heavy (non-hydrogen) atoms. The van der Waals surface area contributed by atoms with Gasteiger partial charge in [-0.2, -0.15) is 0 Å². The fraction of sp³-hybridized carbons (Fsp3) is 0.444. The minimum absolute atomic E-state index is 0.0869. The van der Waals surface area contributed by atoms with Gasteiger partial charge in [0.1, 0.15) is 11.7 Å². The van der Waals surface area contributed by atoms with Crippen molar-refractivity contribution in [1.29, 1.82) is 0 Å². The Morgan fingerprint density at radius 2 is 2.09 bits per heavy atom.